The van der Waals surface area contributed by atoms with Gasteiger partial charge in [-0.1, -0.05) is 6.07 Å². The van der Waals surface area contributed by atoms with Crippen LogP contribution in [0.1, 0.15) is 31.1 Å². The van der Waals surface area contributed by atoms with Crippen LogP contribution in [0.15, 0.2) is 36.5 Å². The molecule has 1 aromatic carbocycles. The molecule has 0 aliphatic carbocycles. The lowest BCUT2D eigenvalue weighted by atomic mass is 10.0. The first-order valence-corrected chi connectivity index (χ1v) is 6.72. The molecule has 1 atom stereocenters. The van der Waals surface area contributed by atoms with E-state index in [1.54, 1.807) is 18.2 Å². The molecule has 0 amide bonds. The number of benzene rings is 1. The maximum absolute atomic E-state index is 14.3. The largest absolute Gasteiger partial charge is 0.497 e. The van der Waals surface area contributed by atoms with E-state index in [-0.39, 0.29) is 6.04 Å². The lowest BCUT2D eigenvalue weighted by Crippen LogP contribution is -2.30. The van der Waals surface area contributed by atoms with Gasteiger partial charge in [0.15, 0.2) is 0 Å². The molecule has 112 valence electrons. The maximum Gasteiger partial charge on any atom is 0.141 e. The minimum Gasteiger partial charge on any atom is -0.497 e. The second-order valence-electron chi connectivity index (χ2n) is 5.04. The van der Waals surface area contributed by atoms with Crippen molar-refractivity contribution in [3.63, 3.8) is 0 Å². The van der Waals surface area contributed by atoms with Gasteiger partial charge in [0.1, 0.15) is 17.4 Å². The Balaban J connectivity index is 2.42. The van der Waals surface area contributed by atoms with E-state index in [9.17, 15) is 8.78 Å². The van der Waals surface area contributed by atoms with Gasteiger partial charge in [0.2, 0.25) is 0 Å². The number of pyridine rings is 1. The fraction of sp³-hybridized carbons (Fsp3) is 0.312. The lowest BCUT2D eigenvalue weighted by Gasteiger charge is -2.22. The minimum atomic E-state index is -0.448. The SMILES string of the molecule is COc1ccc(C(NC(C)C)c2ccc(F)cn2)c(F)c1. The van der Waals surface area contributed by atoms with Crippen molar-refractivity contribution in [1.29, 1.82) is 0 Å². The number of halogens is 2. The molecule has 1 unspecified atom stereocenters. The van der Waals surface area contributed by atoms with Crippen molar-refractivity contribution in [1.82, 2.24) is 10.3 Å². The van der Waals surface area contributed by atoms with Crippen LogP contribution in [-0.2, 0) is 0 Å². The molecule has 0 bridgehead atoms. The number of aromatic nitrogens is 1. The summed E-state index contributed by atoms with van der Waals surface area (Å²) in [4.78, 5) is 4.06. The molecule has 2 aromatic rings. The van der Waals surface area contributed by atoms with Crippen LogP contribution in [-0.4, -0.2) is 18.1 Å². The highest BCUT2D eigenvalue weighted by molar-refractivity contribution is 5.34. The first-order valence-electron chi connectivity index (χ1n) is 6.72. The molecule has 0 aliphatic rings. The van der Waals surface area contributed by atoms with Gasteiger partial charge in [-0.2, -0.15) is 0 Å². The van der Waals surface area contributed by atoms with Crippen molar-refractivity contribution in [3.05, 3.63) is 59.4 Å². The predicted molar refractivity (Wildman–Crippen MR) is 77.3 cm³/mol. The molecule has 5 heteroatoms. The van der Waals surface area contributed by atoms with Crippen molar-refractivity contribution in [2.45, 2.75) is 25.9 Å². The number of rotatable bonds is 5. The Labute approximate surface area is 123 Å². The second kappa shape index (κ2) is 6.63. The highest BCUT2D eigenvalue weighted by Gasteiger charge is 2.20. The molecule has 0 aliphatic heterocycles. The molecule has 3 nitrogen and oxygen atoms in total. The zero-order chi connectivity index (χ0) is 15.4. The number of methoxy groups -OCH3 is 1. The van der Waals surface area contributed by atoms with Crippen molar-refractivity contribution >= 4 is 0 Å². The summed E-state index contributed by atoms with van der Waals surface area (Å²) in [6.07, 6.45) is 1.13. The summed E-state index contributed by atoms with van der Waals surface area (Å²) in [7, 11) is 1.49. The molecule has 1 N–H and O–H groups in total. The predicted octanol–water partition coefficient (Wildman–Crippen LogP) is 3.46. The van der Waals surface area contributed by atoms with Crippen molar-refractivity contribution in [2.24, 2.45) is 0 Å². The average molecular weight is 292 g/mol. The lowest BCUT2D eigenvalue weighted by molar-refractivity contribution is 0.409. The van der Waals surface area contributed by atoms with E-state index in [4.69, 9.17) is 4.74 Å². The van der Waals surface area contributed by atoms with Crippen LogP contribution in [0.3, 0.4) is 0 Å². The van der Waals surface area contributed by atoms with Crippen molar-refractivity contribution in [2.75, 3.05) is 7.11 Å². The highest BCUT2D eigenvalue weighted by Crippen LogP contribution is 2.26. The topological polar surface area (TPSA) is 34.1 Å². The first kappa shape index (κ1) is 15.4. The molecule has 0 fully saturated rings. The zero-order valence-corrected chi connectivity index (χ0v) is 12.2. The van der Waals surface area contributed by atoms with E-state index >= 15 is 0 Å². The van der Waals surface area contributed by atoms with Crippen LogP contribution in [0.5, 0.6) is 5.75 Å². The van der Waals surface area contributed by atoms with Gasteiger partial charge in [-0.05, 0) is 32.0 Å². The third kappa shape index (κ3) is 3.76. The van der Waals surface area contributed by atoms with Crippen LogP contribution < -0.4 is 10.1 Å². The van der Waals surface area contributed by atoms with E-state index in [1.807, 2.05) is 13.8 Å². The molecule has 0 saturated heterocycles. The van der Waals surface area contributed by atoms with E-state index < -0.39 is 17.7 Å². The highest BCUT2D eigenvalue weighted by atomic mass is 19.1. The fourth-order valence-electron chi connectivity index (χ4n) is 2.09. The Hall–Kier alpha value is -2.01. The molecule has 2 rings (SSSR count). The first-order chi connectivity index (χ1) is 10.0. The van der Waals surface area contributed by atoms with Crippen LogP contribution >= 0.6 is 0 Å². The van der Waals surface area contributed by atoms with Crippen LogP contribution in [0.4, 0.5) is 8.78 Å². The van der Waals surface area contributed by atoms with Gasteiger partial charge in [0.25, 0.3) is 0 Å². The molecular weight excluding hydrogens is 274 g/mol. The van der Waals surface area contributed by atoms with Crippen LogP contribution in [0.2, 0.25) is 0 Å². The number of nitrogens with one attached hydrogen (secondary N) is 1. The van der Waals surface area contributed by atoms with E-state index in [2.05, 4.69) is 10.3 Å². The molecule has 1 aromatic heterocycles. The standard InChI is InChI=1S/C16H18F2N2O/c1-10(2)20-16(15-7-4-11(17)9-19-15)13-6-5-12(21-3)8-14(13)18/h4-10,16,20H,1-3H3. The van der Waals surface area contributed by atoms with E-state index in [0.29, 0.717) is 17.0 Å². The van der Waals surface area contributed by atoms with Gasteiger partial charge in [0.05, 0.1) is 25.0 Å². The van der Waals surface area contributed by atoms with E-state index in [1.165, 1.54) is 19.2 Å². The average Bonchev–Trinajstić information content (AvgIpc) is 2.46. The quantitative estimate of drug-likeness (QED) is 0.916. The van der Waals surface area contributed by atoms with E-state index in [0.717, 1.165) is 6.20 Å². The Morgan fingerprint density at radius 2 is 1.90 bits per heavy atom. The summed E-state index contributed by atoms with van der Waals surface area (Å²) in [5.74, 6) is -0.359. The molecule has 0 radical (unpaired) electrons. The Bertz CT molecular complexity index is 600. The van der Waals surface area contributed by atoms with Crippen LogP contribution in [0, 0.1) is 11.6 Å². The number of hydrogen-bond acceptors (Lipinski definition) is 3. The fourth-order valence-corrected chi connectivity index (χ4v) is 2.09. The monoisotopic (exact) mass is 292 g/mol. The Kier molecular flexibility index (Phi) is 4.85. The summed E-state index contributed by atoms with van der Waals surface area (Å²) in [6, 6.07) is 7.21. The molecular formula is C16H18F2N2O. The normalized spacial score (nSPS) is 12.5. The Morgan fingerprint density at radius 1 is 1.14 bits per heavy atom. The summed E-state index contributed by atoms with van der Waals surface area (Å²) in [6.45, 7) is 3.91. The molecule has 21 heavy (non-hydrogen) atoms. The van der Waals surface area contributed by atoms with Crippen molar-refractivity contribution < 1.29 is 13.5 Å². The molecule has 0 saturated carbocycles. The second-order valence-corrected chi connectivity index (χ2v) is 5.04. The van der Waals surface area contributed by atoms with Gasteiger partial charge in [0, 0.05) is 17.7 Å². The van der Waals surface area contributed by atoms with Crippen molar-refractivity contribution in [3.8, 4) is 5.75 Å². The number of hydrogen-bond donors (Lipinski definition) is 1. The molecule has 1 heterocycles. The van der Waals surface area contributed by atoms with Gasteiger partial charge >= 0.3 is 0 Å². The van der Waals surface area contributed by atoms with Gasteiger partial charge in [-0.15, -0.1) is 0 Å². The number of nitrogens with zero attached hydrogens (tertiary/aromatic N) is 1. The third-order valence-electron chi connectivity index (χ3n) is 3.06. The van der Waals surface area contributed by atoms with Gasteiger partial charge in [-0.25, -0.2) is 8.78 Å². The molecule has 0 spiro atoms. The zero-order valence-electron chi connectivity index (χ0n) is 12.2. The summed E-state index contributed by atoms with van der Waals surface area (Å²) >= 11 is 0. The summed E-state index contributed by atoms with van der Waals surface area (Å²) in [5, 5.41) is 3.24. The van der Waals surface area contributed by atoms with Gasteiger partial charge in [-0.3, -0.25) is 4.98 Å². The number of ether oxygens (including phenoxy) is 1. The summed E-state index contributed by atoms with van der Waals surface area (Å²) in [5.41, 5.74) is 1.01. The Morgan fingerprint density at radius 3 is 2.43 bits per heavy atom. The third-order valence-corrected chi connectivity index (χ3v) is 3.06. The maximum atomic E-state index is 14.3. The van der Waals surface area contributed by atoms with Gasteiger partial charge < -0.3 is 10.1 Å². The summed E-state index contributed by atoms with van der Waals surface area (Å²) < 4.78 is 32.3. The smallest absolute Gasteiger partial charge is 0.141 e. The van der Waals surface area contributed by atoms with Crippen LogP contribution in [0.25, 0.3) is 0 Å². The minimum absolute atomic E-state index is 0.114.